The Morgan fingerprint density at radius 3 is 2.75 bits per heavy atom. The molecule has 0 saturated heterocycles. The predicted molar refractivity (Wildman–Crippen MR) is 65.2 cm³/mol. The van der Waals surface area contributed by atoms with Gasteiger partial charge in [0.1, 0.15) is 0 Å². The summed E-state index contributed by atoms with van der Waals surface area (Å²) in [6.07, 6.45) is 0.945. The van der Waals surface area contributed by atoms with Gasteiger partial charge in [0.2, 0.25) is 5.91 Å². The highest BCUT2D eigenvalue weighted by atomic mass is 32.2. The first-order valence-corrected chi connectivity index (χ1v) is 6.38. The normalized spacial score (nSPS) is 11.9. The molecule has 0 radical (unpaired) electrons. The van der Waals surface area contributed by atoms with Crippen molar-refractivity contribution in [1.29, 1.82) is 0 Å². The fourth-order valence-corrected chi connectivity index (χ4v) is 1.73. The Balaban J connectivity index is 3.34. The Bertz CT molecular complexity index is 222. The number of nitrogens with two attached hydrogens (primary N) is 1. The SMILES string of the molecule is COC(=O)CCCNC(=O)CSCC(C)N. The number of hydrogen-bond donors (Lipinski definition) is 2. The van der Waals surface area contributed by atoms with Crippen LogP contribution < -0.4 is 11.1 Å². The lowest BCUT2D eigenvalue weighted by atomic mass is 10.3. The fraction of sp³-hybridized carbons (Fsp3) is 0.800. The number of carbonyl (C=O) groups excluding carboxylic acids is 2. The fourth-order valence-electron chi connectivity index (χ4n) is 0.951. The highest BCUT2D eigenvalue weighted by molar-refractivity contribution is 7.99. The van der Waals surface area contributed by atoms with Crippen molar-refractivity contribution in [2.24, 2.45) is 5.73 Å². The highest BCUT2D eigenvalue weighted by Gasteiger charge is 2.03. The second-order valence-corrected chi connectivity index (χ2v) is 4.55. The zero-order valence-corrected chi connectivity index (χ0v) is 10.6. The maximum absolute atomic E-state index is 11.2. The van der Waals surface area contributed by atoms with E-state index in [2.05, 4.69) is 10.1 Å². The molecule has 3 N–H and O–H groups in total. The van der Waals surface area contributed by atoms with Crippen LogP contribution in [-0.4, -0.2) is 43.1 Å². The Morgan fingerprint density at radius 1 is 1.50 bits per heavy atom. The Labute approximate surface area is 100 Å². The molecule has 1 unspecified atom stereocenters. The molecule has 0 aromatic heterocycles. The van der Waals surface area contributed by atoms with Crippen molar-refractivity contribution >= 4 is 23.6 Å². The van der Waals surface area contributed by atoms with E-state index in [9.17, 15) is 9.59 Å². The molecule has 6 heteroatoms. The van der Waals surface area contributed by atoms with Crippen molar-refractivity contribution in [2.45, 2.75) is 25.8 Å². The van der Waals surface area contributed by atoms with Gasteiger partial charge in [0.15, 0.2) is 0 Å². The number of methoxy groups -OCH3 is 1. The summed E-state index contributed by atoms with van der Waals surface area (Å²) in [6.45, 7) is 2.41. The van der Waals surface area contributed by atoms with Gasteiger partial charge in [0.05, 0.1) is 12.9 Å². The van der Waals surface area contributed by atoms with Crippen molar-refractivity contribution < 1.29 is 14.3 Å². The van der Waals surface area contributed by atoms with Gasteiger partial charge >= 0.3 is 5.97 Å². The van der Waals surface area contributed by atoms with E-state index >= 15 is 0 Å². The third-order valence-electron chi connectivity index (χ3n) is 1.72. The molecule has 0 bridgehead atoms. The standard InChI is InChI=1S/C10H20N2O3S/c1-8(11)6-16-7-9(13)12-5-3-4-10(14)15-2/h8H,3-7,11H2,1-2H3,(H,12,13). The van der Waals surface area contributed by atoms with Gasteiger partial charge < -0.3 is 15.8 Å². The zero-order valence-electron chi connectivity index (χ0n) is 9.82. The second kappa shape index (κ2) is 9.47. The lowest BCUT2D eigenvalue weighted by Gasteiger charge is -2.06. The summed E-state index contributed by atoms with van der Waals surface area (Å²) in [5.74, 6) is 0.922. The summed E-state index contributed by atoms with van der Waals surface area (Å²) in [5.41, 5.74) is 5.54. The van der Waals surface area contributed by atoms with Gasteiger partial charge in [-0.05, 0) is 13.3 Å². The molecule has 0 aliphatic heterocycles. The number of rotatable bonds is 8. The number of ether oxygens (including phenoxy) is 1. The predicted octanol–water partition coefficient (Wildman–Crippen LogP) is 0.136. The summed E-state index contributed by atoms with van der Waals surface area (Å²) >= 11 is 1.51. The zero-order chi connectivity index (χ0) is 12.4. The van der Waals surface area contributed by atoms with E-state index in [1.807, 2.05) is 6.92 Å². The van der Waals surface area contributed by atoms with E-state index in [1.165, 1.54) is 18.9 Å². The minimum Gasteiger partial charge on any atom is -0.469 e. The van der Waals surface area contributed by atoms with Crippen LogP contribution >= 0.6 is 11.8 Å². The van der Waals surface area contributed by atoms with Crippen LogP contribution in [0.2, 0.25) is 0 Å². The van der Waals surface area contributed by atoms with Gasteiger partial charge in [0, 0.05) is 24.8 Å². The van der Waals surface area contributed by atoms with Gasteiger partial charge in [-0.3, -0.25) is 9.59 Å². The molecule has 94 valence electrons. The topological polar surface area (TPSA) is 81.4 Å². The minimum absolute atomic E-state index is 0.0180. The Morgan fingerprint density at radius 2 is 2.19 bits per heavy atom. The molecule has 0 aliphatic rings. The van der Waals surface area contributed by atoms with Crippen LogP contribution in [0.1, 0.15) is 19.8 Å². The molecule has 0 spiro atoms. The summed E-state index contributed by atoms with van der Waals surface area (Å²) in [6, 6.07) is 0.108. The smallest absolute Gasteiger partial charge is 0.305 e. The maximum atomic E-state index is 11.2. The molecule has 1 amide bonds. The van der Waals surface area contributed by atoms with Crippen LogP contribution in [0.4, 0.5) is 0 Å². The Kier molecular flexibility index (Phi) is 9.03. The molecule has 0 aliphatic carbocycles. The van der Waals surface area contributed by atoms with Crippen molar-refractivity contribution in [2.75, 3.05) is 25.2 Å². The molecule has 16 heavy (non-hydrogen) atoms. The van der Waals surface area contributed by atoms with Crippen molar-refractivity contribution in [3.05, 3.63) is 0 Å². The van der Waals surface area contributed by atoms with Gasteiger partial charge in [-0.1, -0.05) is 0 Å². The summed E-state index contributed by atoms with van der Waals surface area (Å²) in [7, 11) is 1.35. The van der Waals surface area contributed by atoms with E-state index in [4.69, 9.17) is 5.73 Å². The van der Waals surface area contributed by atoms with Gasteiger partial charge in [-0.25, -0.2) is 0 Å². The largest absolute Gasteiger partial charge is 0.469 e. The van der Waals surface area contributed by atoms with E-state index in [0.29, 0.717) is 25.1 Å². The second-order valence-electron chi connectivity index (χ2n) is 3.52. The number of hydrogen-bond acceptors (Lipinski definition) is 5. The van der Waals surface area contributed by atoms with Crippen LogP contribution in [0.5, 0.6) is 0 Å². The van der Waals surface area contributed by atoms with E-state index in [1.54, 1.807) is 0 Å². The monoisotopic (exact) mass is 248 g/mol. The van der Waals surface area contributed by atoms with E-state index < -0.39 is 0 Å². The molecule has 5 nitrogen and oxygen atoms in total. The maximum Gasteiger partial charge on any atom is 0.305 e. The number of carbonyl (C=O) groups is 2. The number of thioether (sulfide) groups is 1. The quantitative estimate of drug-likeness (QED) is 0.471. The first-order chi connectivity index (χ1) is 7.56. The highest BCUT2D eigenvalue weighted by Crippen LogP contribution is 2.00. The molecule has 0 saturated carbocycles. The molecule has 0 aromatic carbocycles. The summed E-state index contributed by atoms with van der Waals surface area (Å²) < 4.78 is 4.48. The van der Waals surface area contributed by atoms with Gasteiger partial charge in [0.25, 0.3) is 0 Å². The molecule has 0 aromatic rings. The van der Waals surface area contributed by atoms with Gasteiger partial charge in [-0.15, -0.1) is 0 Å². The average molecular weight is 248 g/mol. The number of amides is 1. The van der Waals surface area contributed by atoms with Gasteiger partial charge in [-0.2, -0.15) is 11.8 Å². The summed E-state index contributed by atoms with van der Waals surface area (Å²) in [4.78, 5) is 22.0. The molecular formula is C10H20N2O3S. The lowest BCUT2D eigenvalue weighted by Crippen LogP contribution is -2.27. The van der Waals surface area contributed by atoms with Crippen LogP contribution in [0, 0.1) is 0 Å². The van der Waals surface area contributed by atoms with Crippen molar-refractivity contribution in [3.8, 4) is 0 Å². The number of esters is 1. The third kappa shape index (κ3) is 9.79. The minimum atomic E-state index is -0.249. The van der Waals surface area contributed by atoms with Crippen LogP contribution in [-0.2, 0) is 14.3 Å². The van der Waals surface area contributed by atoms with E-state index in [-0.39, 0.29) is 17.9 Å². The summed E-state index contributed by atoms with van der Waals surface area (Å²) in [5, 5.41) is 2.73. The van der Waals surface area contributed by atoms with Crippen molar-refractivity contribution in [3.63, 3.8) is 0 Å². The average Bonchev–Trinajstić information content (AvgIpc) is 2.23. The Hall–Kier alpha value is -0.750. The van der Waals surface area contributed by atoms with Crippen LogP contribution in [0.15, 0.2) is 0 Å². The number of nitrogens with one attached hydrogen (secondary N) is 1. The van der Waals surface area contributed by atoms with Crippen LogP contribution in [0.3, 0.4) is 0 Å². The molecule has 1 atom stereocenters. The first-order valence-electron chi connectivity index (χ1n) is 5.23. The first kappa shape index (κ1) is 15.2. The van der Waals surface area contributed by atoms with Crippen LogP contribution in [0.25, 0.3) is 0 Å². The lowest BCUT2D eigenvalue weighted by molar-refractivity contribution is -0.140. The molecule has 0 heterocycles. The molecular weight excluding hydrogens is 228 g/mol. The third-order valence-corrected chi connectivity index (χ3v) is 2.95. The van der Waals surface area contributed by atoms with E-state index in [0.717, 1.165) is 5.75 Å². The molecule has 0 fully saturated rings. The van der Waals surface area contributed by atoms with Crippen molar-refractivity contribution in [1.82, 2.24) is 5.32 Å². The molecule has 0 rings (SSSR count).